The fourth-order valence-corrected chi connectivity index (χ4v) is 4.44. The Morgan fingerprint density at radius 2 is 2.00 bits per heavy atom. The van der Waals surface area contributed by atoms with E-state index >= 15 is 0 Å². The number of hydrogen-bond donors (Lipinski definition) is 2. The van der Waals surface area contributed by atoms with Crippen LogP contribution in [-0.2, 0) is 0 Å². The van der Waals surface area contributed by atoms with Gasteiger partial charge in [-0.15, -0.1) is 22.7 Å². The minimum Gasteiger partial charge on any atom is -0.495 e. The number of carbonyl (C=O) groups is 1. The minimum absolute atomic E-state index is 0.207. The summed E-state index contributed by atoms with van der Waals surface area (Å²) < 4.78 is 6.55. The van der Waals surface area contributed by atoms with Crippen LogP contribution in [0.5, 0.6) is 5.75 Å². The molecule has 28 heavy (non-hydrogen) atoms. The van der Waals surface area contributed by atoms with Crippen LogP contribution in [0.2, 0.25) is 0 Å². The highest BCUT2D eigenvalue weighted by atomic mass is 32.1. The smallest absolute Gasteiger partial charge is 0.267 e. The molecule has 0 aliphatic rings. The SMILES string of the molecule is COc1ccc(-c2nc3ccccc3s2)cc1NC(=S)NC(=O)c1cccs1. The number of amides is 1. The van der Waals surface area contributed by atoms with E-state index < -0.39 is 0 Å². The van der Waals surface area contributed by atoms with Crippen LogP contribution in [0.1, 0.15) is 9.67 Å². The number of nitrogens with zero attached hydrogens (tertiary/aromatic N) is 1. The Hall–Kier alpha value is -2.81. The molecule has 0 radical (unpaired) electrons. The van der Waals surface area contributed by atoms with Crippen molar-refractivity contribution in [3.05, 3.63) is 64.9 Å². The van der Waals surface area contributed by atoms with E-state index in [-0.39, 0.29) is 11.0 Å². The zero-order valence-corrected chi connectivity index (χ0v) is 17.2. The van der Waals surface area contributed by atoms with Gasteiger partial charge in [0.15, 0.2) is 5.11 Å². The Labute approximate surface area is 175 Å². The van der Waals surface area contributed by atoms with Crippen molar-refractivity contribution in [3.63, 3.8) is 0 Å². The molecular weight excluding hydrogens is 410 g/mol. The first-order valence-corrected chi connectivity index (χ1v) is 10.4. The number of thiazole rings is 1. The summed E-state index contributed by atoms with van der Waals surface area (Å²) in [7, 11) is 1.59. The van der Waals surface area contributed by atoms with Gasteiger partial charge in [0.1, 0.15) is 10.8 Å². The van der Waals surface area contributed by atoms with E-state index in [2.05, 4.69) is 21.7 Å². The third-order valence-electron chi connectivity index (χ3n) is 3.96. The number of fused-ring (bicyclic) bond motifs is 1. The van der Waals surface area contributed by atoms with Crippen molar-refractivity contribution < 1.29 is 9.53 Å². The second kappa shape index (κ2) is 8.05. The number of ether oxygens (including phenoxy) is 1. The topological polar surface area (TPSA) is 63.2 Å². The molecule has 0 bridgehead atoms. The highest BCUT2D eigenvalue weighted by Gasteiger charge is 2.13. The van der Waals surface area contributed by atoms with Gasteiger partial charge in [0.25, 0.3) is 5.91 Å². The summed E-state index contributed by atoms with van der Waals surface area (Å²) in [4.78, 5) is 17.5. The van der Waals surface area contributed by atoms with Crippen LogP contribution in [0.15, 0.2) is 60.0 Å². The van der Waals surface area contributed by atoms with Gasteiger partial charge in [0, 0.05) is 5.56 Å². The van der Waals surface area contributed by atoms with Gasteiger partial charge < -0.3 is 10.1 Å². The lowest BCUT2D eigenvalue weighted by molar-refractivity contribution is 0.0981. The number of hydrogen-bond acceptors (Lipinski definition) is 6. The number of anilines is 1. The van der Waals surface area contributed by atoms with E-state index in [0.717, 1.165) is 20.8 Å². The molecule has 0 unspecified atom stereocenters. The summed E-state index contributed by atoms with van der Waals surface area (Å²) in [5.41, 5.74) is 2.57. The van der Waals surface area contributed by atoms with Crippen molar-refractivity contribution in [2.75, 3.05) is 12.4 Å². The first-order valence-electron chi connectivity index (χ1n) is 8.34. The molecule has 0 aliphatic carbocycles. The Bertz CT molecular complexity index is 1120. The van der Waals surface area contributed by atoms with Gasteiger partial charge in [-0.3, -0.25) is 10.1 Å². The Balaban J connectivity index is 1.58. The van der Waals surface area contributed by atoms with E-state index in [1.807, 2.05) is 47.8 Å². The first-order chi connectivity index (χ1) is 13.6. The number of aromatic nitrogens is 1. The average Bonchev–Trinajstić information content (AvgIpc) is 3.37. The Morgan fingerprint density at radius 3 is 2.75 bits per heavy atom. The second-order valence-electron chi connectivity index (χ2n) is 5.79. The number of para-hydroxylation sites is 1. The third-order valence-corrected chi connectivity index (χ3v) is 6.12. The molecule has 4 aromatic rings. The number of thiocarbonyl (C=S) groups is 1. The summed E-state index contributed by atoms with van der Waals surface area (Å²) in [5.74, 6) is 0.381. The van der Waals surface area contributed by atoms with Crippen molar-refractivity contribution in [1.29, 1.82) is 0 Å². The Kier molecular flexibility index (Phi) is 5.34. The molecule has 140 valence electrons. The molecule has 2 N–H and O–H groups in total. The van der Waals surface area contributed by atoms with Crippen molar-refractivity contribution in [3.8, 4) is 16.3 Å². The number of thiophene rings is 1. The van der Waals surface area contributed by atoms with E-state index in [1.165, 1.54) is 11.3 Å². The van der Waals surface area contributed by atoms with E-state index in [9.17, 15) is 4.79 Å². The summed E-state index contributed by atoms with van der Waals surface area (Å²) in [6, 6.07) is 17.3. The number of benzene rings is 2. The summed E-state index contributed by atoms with van der Waals surface area (Å²) >= 11 is 8.28. The molecule has 0 aliphatic heterocycles. The third kappa shape index (κ3) is 3.89. The fraction of sp³-hybridized carbons (Fsp3) is 0.0500. The fourth-order valence-electron chi connectivity index (χ4n) is 2.66. The van der Waals surface area contributed by atoms with Crippen LogP contribution in [0.3, 0.4) is 0 Å². The van der Waals surface area contributed by atoms with Crippen molar-refractivity contribution >= 4 is 61.8 Å². The average molecular weight is 426 g/mol. The second-order valence-corrected chi connectivity index (χ2v) is 8.17. The maximum absolute atomic E-state index is 12.2. The van der Waals surface area contributed by atoms with Gasteiger partial charge in [-0.05, 0) is 54.0 Å². The molecule has 2 heterocycles. The predicted molar refractivity (Wildman–Crippen MR) is 120 cm³/mol. The van der Waals surface area contributed by atoms with E-state index in [4.69, 9.17) is 17.0 Å². The van der Waals surface area contributed by atoms with Crippen LogP contribution in [0.4, 0.5) is 5.69 Å². The lowest BCUT2D eigenvalue weighted by atomic mass is 10.2. The molecule has 4 rings (SSSR count). The largest absolute Gasteiger partial charge is 0.495 e. The van der Waals surface area contributed by atoms with Gasteiger partial charge in [-0.1, -0.05) is 18.2 Å². The van der Waals surface area contributed by atoms with Crippen LogP contribution in [0.25, 0.3) is 20.8 Å². The highest BCUT2D eigenvalue weighted by molar-refractivity contribution is 7.80. The van der Waals surface area contributed by atoms with Gasteiger partial charge in [0.2, 0.25) is 0 Å². The van der Waals surface area contributed by atoms with Gasteiger partial charge >= 0.3 is 0 Å². The van der Waals surface area contributed by atoms with E-state index in [1.54, 1.807) is 24.5 Å². The molecule has 0 spiro atoms. The normalized spacial score (nSPS) is 10.6. The van der Waals surface area contributed by atoms with Crippen LogP contribution in [-0.4, -0.2) is 23.1 Å². The van der Waals surface area contributed by atoms with E-state index in [0.29, 0.717) is 16.3 Å². The van der Waals surface area contributed by atoms with Gasteiger partial charge in [-0.2, -0.15) is 0 Å². The molecule has 2 aromatic heterocycles. The molecule has 0 fully saturated rings. The molecule has 2 aromatic carbocycles. The maximum atomic E-state index is 12.2. The first kappa shape index (κ1) is 18.5. The van der Waals surface area contributed by atoms with Crippen LogP contribution >= 0.6 is 34.9 Å². The van der Waals surface area contributed by atoms with Crippen LogP contribution in [0, 0.1) is 0 Å². The quantitative estimate of drug-likeness (QED) is 0.442. The van der Waals surface area contributed by atoms with Crippen molar-refractivity contribution in [2.45, 2.75) is 0 Å². The summed E-state index contributed by atoms with van der Waals surface area (Å²) in [5, 5.41) is 8.69. The lowest BCUT2D eigenvalue weighted by Gasteiger charge is -2.13. The molecular formula is C20H15N3O2S3. The molecule has 5 nitrogen and oxygen atoms in total. The number of methoxy groups -OCH3 is 1. The zero-order valence-electron chi connectivity index (χ0n) is 14.8. The van der Waals surface area contributed by atoms with Crippen LogP contribution < -0.4 is 15.4 Å². The number of rotatable bonds is 4. The molecule has 0 saturated heterocycles. The predicted octanol–water partition coefficient (Wildman–Crippen LogP) is 5.16. The number of carbonyl (C=O) groups excluding carboxylic acids is 1. The standard InChI is InChI=1S/C20H15N3O2S3/c1-25-15-9-8-12(19-21-13-5-2-3-6-16(13)28-19)11-14(15)22-20(26)23-18(24)17-7-4-10-27-17/h2-11H,1H3,(H2,22,23,24,26). The lowest BCUT2D eigenvalue weighted by Crippen LogP contribution is -2.33. The molecule has 8 heteroatoms. The highest BCUT2D eigenvalue weighted by Crippen LogP contribution is 2.34. The number of nitrogens with one attached hydrogen (secondary N) is 2. The molecule has 0 atom stereocenters. The van der Waals surface area contributed by atoms with Gasteiger partial charge in [-0.25, -0.2) is 4.98 Å². The monoisotopic (exact) mass is 425 g/mol. The Morgan fingerprint density at radius 1 is 1.14 bits per heavy atom. The molecule has 1 amide bonds. The van der Waals surface area contributed by atoms with Crippen molar-refractivity contribution in [2.24, 2.45) is 0 Å². The minimum atomic E-state index is -0.242. The van der Waals surface area contributed by atoms with Gasteiger partial charge in [0.05, 0.1) is 27.9 Å². The zero-order chi connectivity index (χ0) is 19.5. The maximum Gasteiger partial charge on any atom is 0.267 e. The summed E-state index contributed by atoms with van der Waals surface area (Å²) in [6.45, 7) is 0. The van der Waals surface area contributed by atoms with Crippen molar-refractivity contribution in [1.82, 2.24) is 10.3 Å². The summed E-state index contributed by atoms with van der Waals surface area (Å²) in [6.07, 6.45) is 0. The molecule has 0 saturated carbocycles.